The Morgan fingerprint density at radius 2 is 1.90 bits per heavy atom. The van der Waals surface area contributed by atoms with Crippen molar-refractivity contribution in [3.05, 3.63) is 34.7 Å². The summed E-state index contributed by atoms with van der Waals surface area (Å²) in [6.07, 6.45) is 1.95. The number of hydrogen-bond donors (Lipinski definition) is 1. The number of aryl methyl sites for hydroxylation is 1. The second kappa shape index (κ2) is 5.30. The van der Waals surface area contributed by atoms with E-state index in [-0.39, 0.29) is 11.7 Å². The highest BCUT2D eigenvalue weighted by Gasteiger charge is 2.26. The maximum Gasteiger partial charge on any atom is 0.150 e. The van der Waals surface area contributed by atoms with E-state index in [1.54, 1.807) is 6.07 Å². The molecule has 1 fully saturated rings. The van der Waals surface area contributed by atoms with Crippen LogP contribution >= 0.6 is 11.3 Å². The van der Waals surface area contributed by atoms with E-state index < -0.39 is 11.6 Å². The fourth-order valence-corrected chi connectivity index (χ4v) is 3.87. The van der Waals surface area contributed by atoms with Gasteiger partial charge in [-0.15, -0.1) is 11.3 Å². The van der Waals surface area contributed by atoms with Crippen LogP contribution in [0.1, 0.15) is 24.6 Å². The number of nitrogens with zero attached hydrogens (tertiary/aromatic N) is 1. The molecular formula is C16H18F2N2S. The van der Waals surface area contributed by atoms with Crippen LogP contribution in [0, 0.1) is 18.6 Å². The van der Waals surface area contributed by atoms with Gasteiger partial charge in [0.05, 0.1) is 5.00 Å². The molecular weight excluding hydrogens is 290 g/mol. The van der Waals surface area contributed by atoms with Crippen molar-refractivity contribution < 1.29 is 8.78 Å². The molecule has 1 saturated heterocycles. The monoisotopic (exact) mass is 308 g/mol. The number of halogens is 2. The molecule has 0 bridgehead atoms. The Morgan fingerprint density at radius 1 is 1.24 bits per heavy atom. The molecule has 112 valence electrons. The fourth-order valence-electron chi connectivity index (χ4n) is 3.05. The summed E-state index contributed by atoms with van der Waals surface area (Å²) in [4.78, 5) is 2.79. The molecule has 5 heteroatoms. The van der Waals surface area contributed by atoms with Crippen LogP contribution in [0.2, 0.25) is 0 Å². The zero-order chi connectivity index (χ0) is 15.1. The highest BCUT2D eigenvalue weighted by atomic mass is 32.1. The van der Waals surface area contributed by atoms with Gasteiger partial charge in [0, 0.05) is 17.5 Å². The first-order valence-electron chi connectivity index (χ1n) is 7.09. The molecule has 0 saturated carbocycles. The molecule has 1 aromatic heterocycles. The molecule has 0 spiro atoms. The lowest BCUT2D eigenvalue weighted by molar-refractivity contribution is 0.568. The highest BCUT2D eigenvalue weighted by Crippen LogP contribution is 2.37. The number of nitrogen functional groups attached to an aromatic ring is 1. The van der Waals surface area contributed by atoms with Gasteiger partial charge in [-0.05, 0) is 56.0 Å². The van der Waals surface area contributed by atoms with E-state index in [1.807, 2.05) is 18.7 Å². The first-order valence-corrected chi connectivity index (χ1v) is 7.91. The Bertz CT molecular complexity index is 658. The first-order chi connectivity index (χ1) is 9.97. The van der Waals surface area contributed by atoms with Crippen molar-refractivity contribution in [1.82, 2.24) is 0 Å². The normalized spacial score (nSPS) is 18.5. The van der Waals surface area contributed by atoms with Crippen molar-refractivity contribution >= 4 is 22.0 Å². The number of hydrogen-bond acceptors (Lipinski definition) is 3. The third kappa shape index (κ3) is 2.50. The lowest BCUT2D eigenvalue weighted by atomic mass is 10.0. The Labute approximate surface area is 127 Å². The molecule has 2 aromatic rings. The summed E-state index contributed by atoms with van der Waals surface area (Å²) in [5, 5.41) is 0.653. The minimum absolute atomic E-state index is 0.101. The summed E-state index contributed by atoms with van der Waals surface area (Å²) < 4.78 is 28.9. The standard InChI is InChI=1S/C16H18F2N2S/c1-9-4-3-5-20(9)16-13(17)6-11(7-14(16)18)12-8-15(19)21-10(12)2/h6-9H,3-5,19H2,1-2H3/t9-/m0/s1. The molecule has 0 aliphatic carbocycles. The van der Waals surface area contributed by atoms with Gasteiger partial charge in [0.15, 0.2) is 0 Å². The fraction of sp³-hybridized carbons (Fsp3) is 0.375. The van der Waals surface area contributed by atoms with Crippen LogP contribution in [0.5, 0.6) is 0 Å². The molecule has 1 atom stereocenters. The summed E-state index contributed by atoms with van der Waals surface area (Å²) >= 11 is 1.43. The van der Waals surface area contributed by atoms with Crippen LogP contribution in [0.25, 0.3) is 11.1 Å². The summed E-state index contributed by atoms with van der Waals surface area (Å²) in [5.74, 6) is -0.995. The van der Waals surface area contributed by atoms with Crippen molar-refractivity contribution in [2.45, 2.75) is 32.7 Å². The van der Waals surface area contributed by atoms with E-state index in [1.165, 1.54) is 23.5 Å². The summed E-state index contributed by atoms with van der Waals surface area (Å²) in [5.41, 5.74) is 7.21. The van der Waals surface area contributed by atoms with Crippen LogP contribution in [-0.2, 0) is 0 Å². The van der Waals surface area contributed by atoms with E-state index in [2.05, 4.69) is 0 Å². The smallest absolute Gasteiger partial charge is 0.150 e. The maximum absolute atomic E-state index is 14.5. The van der Waals surface area contributed by atoms with Gasteiger partial charge in [-0.3, -0.25) is 0 Å². The third-order valence-electron chi connectivity index (χ3n) is 4.10. The predicted octanol–water partition coefficient (Wildman–Crippen LogP) is 4.57. The van der Waals surface area contributed by atoms with Crippen LogP contribution in [0.15, 0.2) is 18.2 Å². The largest absolute Gasteiger partial charge is 0.391 e. The number of rotatable bonds is 2. The zero-order valence-corrected chi connectivity index (χ0v) is 12.9. The summed E-state index contributed by atoms with van der Waals surface area (Å²) in [6.45, 7) is 4.62. The number of anilines is 2. The molecule has 2 N–H and O–H groups in total. The van der Waals surface area contributed by atoms with Gasteiger partial charge < -0.3 is 10.6 Å². The molecule has 0 radical (unpaired) electrons. The quantitative estimate of drug-likeness (QED) is 0.880. The van der Waals surface area contributed by atoms with Crippen LogP contribution in [-0.4, -0.2) is 12.6 Å². The van der Waals surface area contributed by atoms with Gasteiger partial charge in [0.2, 0.25) is 0 Å². The van der Waals surface area contributed by atoms with E-state index in [9.17, 15) is 8.78 Å². The van der Waals surface area contributed by atoms with Crippen molar-refractivity contribution in [1.29, 1.82) is 0 Å². The van der Waals surface area contributed by atoms with Gasteiger partial charge in [0.25, 0.3) is 0 Å². The van der Waals surface area contributed by atoms with Gasteiger partial charge >= 0.3 is 0 Å². The van der Waals surface area contributed by atoms with E-state index in [0.717, 1.165) is 23.3 Å². The molecule has 21 heavy (non-hydrogen) atoms. The number of benzene rings is 1. The van der Waals surface area contributed by atoms with Crippen LogP contribution in [0.3, 0.4) is 0 Å². The summed E-state index contributed by atoms with van der Waals surface area (Å²) in [7, 11) is 0. The predicted molar refractivity (Wildman–Crippen MR) is 84.9 cm³/mol. The third-order valence-corrected chi connectivity index (χ3v) is 4.98. The van der Waals surface area contributed by atoms with E-state index in [4.69, 9.17) is 5.73 Å². The molecule has 1 aliphatic heterocycles. The second-order valence-corrected chi connectivity index (χ2v) is 6.88. The van der Waals surface area contributed by atoms with E-state index >= 15 is 0 Å². The lowest BCUT2D eigenvalue weighted by Crippen LogP contribution is -2.28. The molecule has 2 nitrogen and oxygen atoms in total. The minimum atomic E-state index is -0.497. The molecule has 0 unspecified atom stereocenters. The average molecular weight is 308 g/mol. The molecule has 3 rings (SSSR count). The summed E-state index contributed by atoms with van der Waals surface area (Å²) in [6, 6.07) is 4.78. The molecule has 1 aromatic carbocycles. The van der Waals surface area contributed by atoms with Crippen molar-refractivity contribution in [2.75, 3.05) is 17.2 Å². The van der Waals surface area contributed by atoms with E-state index in [0.29, 0.717) is 17.1 Å². The Hall–Kier alpha value is -1.62. The molecule has 0 amide bonds. The minimum Gasteiger partial charge on any atom is -0.391 e. The highest BCUT2D eigenvalue weighted by molar-refractivity contribution is 7.16. The van der Waals surface area contributed by atoms with Gasteiger partial charge in [-0.25, -0.2) is 8.78 Å². The average Bonchev–Trinajstić information content (AvgIpc) is 2.95. The molecule has 2 heterocycles. The second-order valence-electron chi connectivity index (χ2n) is 5.59. The van der Waals surface area contributed by atoms with Crippen molar-refractivity contribution in [3.8, 4) is 11.1 Å². The first kappa shape index (κ1) is 14.3. The van der Waals surface area contributed by atoms with Gasteiger partial charge in [-0.2, -0.15) is 0 Å². The van der Waals surface area contributed by atoms with Gasteiger partial charge in [0.1, 0.15) is 17.3 Å². The Balaban J connectivity index is 2.06. The maximum atomic E-state index is 14.5. The van der Waals surface area contributed by atoms with Crippen molar-refractivity contribution in [3.63, 3.8) is 0 Å². The van der Waals surface area contributed by atoms with Gasteiger partial charge in [-0.1, -0.05) is 0 Å². The Morgan fingerprint density at radius 3 is 2.38 bits per heavy atom. The number of thiophene rings is 1. The van der Waals surface area contributed by atoms with Crippen LogP contribution < -0.4 is 10.6 Å². The van der Waals surface area contributed by atoms with Crippen LogP contribution in [0.4, 0.5) is 19.5 Å². The SMILES string of the molecule is Cc1sc(N)cc1-c1cc(F)c(N2CCC[C@@H]2C)c(F)c1. The number of nitrogens with two attached hydrogens (primary N) is 1. The lowest BCUT2D eigenvalue weighted by Gasteiger charge is -2.25. The topological polar surface area (TPSA) is 29.3 Å². The van der Waals surface area contributed by atoms with Crippen molar-refractivity contribution in [2.24, 2.45) is 0 Å². The Kier molecular flexibility index (Phi) is 3.61. The molecule has 1 aliphatic rings. The zero-order valence-electron chi connectivity index (χ0n) is 12.1.